The SMILES string of the molecule is Cc1ccc(NCC2CC3C=CC2C3)cc1C. The minimum Gasteiger partial charge on any atom is -0.385 e. The Labute approximate surface area is 104 Å². The molecule has 0 aliphatic heterocycles. The van der Waals surface area contributed by atoms with Crippen LogP contribution in [0.15, 0.2) is 30.4 Å². The molecular formula is C16H21N. The number of hydrogen-bond donors (Lipinski definition) is 1. The molecule has 0 aromatic heterocycles. The van der Waals surface area contributed by atoms with Crippen molar-refractivity contribution < 1.29 is 0 Å². The lowest BCUT2D eigenvalue weighted by Gasteiger charge is -2.19. The number of aryl methyl sites for hydroxylation is 2. The van der Waals surface area contributed by atoms with Crippen molar-refractivity contribution in [2.24, 2.45) is 17.8 Å². The summed E-state index contributed by atoms with van der Waals surface area (Å²) in [4.78, 5) is 0. The van der Waals surface area contributed by atoms with Gasteiger partial charge in [-0.1, -0.05) is 18.2 Å². The summed E-state index contributed by atoms with van der Waals surface area (Å²) in [5.74, 6) is 2.58. The zero-order valence-electron chi connectivity index (χ0n) is 10.7. The van der Waals surface area contributed by atoms with Gasteiger partial charge in [-0.3, -0.25) is 0 Å². The lowest BCUT2D eigenvalue weighted by molar-refractivity contribution is 0.472. The van der Waals surface area contributed by atoms with Crippen LogP contribution in [-0.4, -0.2) is 6.54 Å². The van der Waals surface area contributed by atoms with Gasteiger partial charge in [-0.25, -0.2) is 0 Å². The Bertz CT molecular complexity index is 447. The first-order valence-corrected chi connectivity index (χ1v) is 6.72. The largest absolute Gasteiger partial charge is 0.385 e. The van der Waals surface area contributed by atoms with E-state index in [4.69, 9.17) is 0 Å². The summed E-state index contributed by atoms with van der Waals surface area (Å²) in [6.45, 7) is 5.48. The molecule has 2 aliphatic rings. The van der Waals surface area contributed by atoms with Crippen LogP contribution in [0.3, 0.4) is 0 Å². The first kappa shape index (κ1) is 10.9. The van der Waals surface area contributed by atoms with Crippen LogP contribution in [0.2, 0.25) is 0 Å². The number of fused-ring (bicyclic) bond motifs is 2. The Morgan fingerprint density at radius 1 is 1.12 bits per heavy atom. The molecule has 3 atom stereocenters. The van der Waals surface area contributed by atoms with Crippen LogP contribution in [-0.2, 0) is 0 Å². The normalized spacial score (nSPS) is 29.9. The fraction of sp³-hybridized carbons (Fsp3) is 0.500. The molecule has 1 fully saturated rings. The first-order valence-electron chi connectivity index (χ1n) is 6.72. The van der Waals surface area contributed by atoms with E-state index in [2.05, 4.69) is 49.5 Å². The van der Waals surface area contributed by atoms with Crippen molar-refractivity contribution in [1.29, 1.82) is 0 Å². The molecule has 1 saturated carbocycles. The smallest absolute Gasteiger partial charge is 0.0343 e. The second-order valence-corrected chi connectivity index (χ2v) is 5.72. The molecule has 0 radical (unpaired) electrons. The van der Waals surface area contributed by atoms with E-state index in [1.165, 1.54) is 29.7 Å². The fourth-order valence-electron chi connectivity index (χ4n) is 3.23. The number of allylic oxidation sites excluding steroid dienone is 2. The standard InChI is InChI=1S/C16H21N/c1-11-3-6-16(7-12(11)2)17-10-15-9-13-4-5-14(15)8-13/h3-7,13-15,17H,8-10H2,1-2H3. The highest BCUT2D eigenvalue weighted by Gasteiger charge is 2.35. The third-order valence-electron chi connectivity index (χ3n) is 4.49. The van der Waals surface area contributed by atoms with E-state index in [1.807, 2.05) is 0 Å². The molecule has 1 heteroatoms. The highest BCUT2D eigenvalue weighted by atomic mass is 14.9. The minimum atomic E-state index is 0.846. The molecule has 3 unspecified atom stereocenters. The zero-order valence-corrected chi connectivity index (χ0v) is 10.7. The number of benzene rings is 1. The quantitative estimate of drug-likeness (QED) is 0.772. The van der Waals surface area contributed by atoms with Gasteiger partial charge < -0.3 is 5.32 Å². The van der Waals surface area contributed by atoms with Gasteiger partial charge in [-0.2, -0.15) is 0 Å². The summed E-state index contributed by atoms with van der Waals surface area (Å²) in [5, 5.41) is 3.61. The lowest BCUT2D eigenvalue weighted by Crippen LogP contribution is -2.18. The van der Waals surface area contributed by atoms with Crippen LogP contribution >= 0.6 is 0 Å². The lowest BCUT2D eigenvalue weighted by atomic mass is 9.93. The van der Waals surface area contributed by atoms with Gasteiger partial charge in [0.05, 0.1) is 0 Å². The maximum Gasteiger partial charge on any atom is 0.0343 e. The average molecular weight is 227 g/mol. The van der Waals surface area contributed by atoms with E-state index in [1.54, 1.807) is 0 Å². The van der Waals surface area contributed by atoms with Crippen molar-refractivity contribution in [3.8, 4) is 0 Å². The summed E-state index contributed by atoms with van der Waals surface area (Å²) < 4.78 is 0. The maximum absolute atomic E-state index is 3.61. The van der Waals surface area contributed by atoms with E-state index in [0.717, 1.165) is 24.3 Å². The summed E-state index contributed by atoms with van der Waals surface area (Å²) in [6, 6.07) is 6.67. The number of hydrogen-bond acceptors (Lipinski definition) is 1. The predicted octanol–water partition coefficient (Wildman–Crippen LogP) is 3.93. The fourth-order valence-corrected chi connectivity index (χ4v) is 3.23. The van der Waals surface area contributed by atoms with Gasteiger partial charge in [-0.05, 0) is 67.7 Å². The predicted molar refractivity (Wildman–Crippen MR) is 73.2 cm³/mol. The van der Waals surface area contributed by atoms with Gasteiger partial charge in [0.1, 0.15) is 0 Å². The number of rotatable bonds is 3. The monoisotopic (exact) mass is 227 g/mol. The molecule has 3 rings (SSSR count). The van der Waals surface area contributed by atoms with Crippen molar-refractivity contribution in [1.82, 2.24) is 0 Å². The van der Waals surface area contributed by atoms with Crippen molar-refractivity contribution >= 4 is 5.69 Å². The average Bonchev–Trinajstić information content (AvgIpc) is 2.92. The topological polar surface area (TPSA) is 12.0 Å². The molecule has 2 aliphatic carbocycles. The van der Waals surface area contributed by atoms with Crippen molar-refractivity contribution in [2.45, 2.75) is 26.7 Å². The van der Waals surface area contributed by atoms with E-state index in [-0.39, 0.29) is 0 Å². The molecule has 17 heavy (non-hydrogen) atoms. The van der Waals surface area contributed by atoms with E-state index in [9.17, 15) is 0 Å². The molecule has 1 aromatic rings. The maximum atomic E-state index is 3.61. The summed E-state index contributed by atoms with van der Waals surface area (Å²) >= 11 is 0. The molecular weight excluding hydrogens is 206 g/mol. The van der Waals surface area contributed by atoms with Crippen LogP contribution in [0, 0.1) is 31.6 Å². The molecule has 1 N–H and O–H groups in total. The van der Waals surface area contributed by atoms with E-state index in [0.29, 0.717) is 0 Å². The van der Waals surface area contributed by atoms with Crippen molar-refractivity contribution in [2.75, 3.05) is 11.9 Å². The van der Waals surface area contributed by atoms with Crippen molar-refractivity contribution in [3.63, 3.8) is 0 Å². The van der Waals surface area contributed by atoms with E-state index >= 15 is 0 Å². The molecule has 2 bridgehead atoms. The Morgan fingerprint density at radius 3 is 2.65 bits per heavy atom. The molecule has 0 heterocycles. The van der Waals surface area contributed by atoms with E-state index < -0.39 is 0 Å². The summed E-state index contributed by atoms with van der Waals surface area (Å²) in [7, 11) is 0. The molecule has 0 spiro atoms. The second-order valence-electron chi connectivity index (χ2n) is 5.72. The molecule has 1 aromatic carbocycles. The zero-order chi connectivity index (χ0) is 11.8. The molecule has 0 saturated heterocycles. The van der Waals surface area contributed by atoms with Crippen LogP contribution in [0.1, 0.15) is 24.0 Å². The molecule has 0 amide bonds. The summed E-state index contributed by atoms with van der Waals surface area (Å²) in [6.07, 6.45) is 7.64. The summed E-state index contributed by atoms with van der Waals surface area (Å²) in [5.41, 5.74) is 4.03. The molecule has 90 valence electrons. The minimum absolute atomic E-state index is 0.846. The van der Waals surface area contributed by atoms with Gasteiger partial charge in [-0.15, -0.1) is 0 Å². The third kappa shape index (κ3) is 2.11. The third-order valence-corrected chi connectivity index (χ3v) is 4.49. The number of anilines is 1. The Morgan fingerprint density at radius 2 is 2.00 bits per heavy atom. The Kier molecular flexibility index (Phi) is 2.70. The van der Waals surface area contributed by atoms with Crippen LogP contribution in [0.4, 0.5) is 5.69 Å². The highest BCUT2D eigenvalue weighted by molar-refractivity contribution is 5.48. The van der Waals surface area contributed by atoms with Crippen LogP contribution in [0.5, 0.6) is 0 Å². The van der Waals surface area contributed by atoms with Crippen molar-refractivity contribution in [3.05, 3.63) is 41.5 Å². The Balaban J connectivity index is 1.61. The van der Waals surface area contributed by atoms with Crippen LogP contribution in [0.25, 0.3) is 0 Å². The second kappa shape index (κ2) is 4.21. The first-order chi connectivity index (χ1) is 8.22. The van der Waals surface area contributed by atoms with Gasteiger partial charge in [0.2, 0.25) is 0 Å². The van der Waals surface area contributed by atoms with Gasteiger partial charge >= 0.3 is 0 Å². The van der Waals surface area contributed by atoms with Crippen LogP contribution < -0.4 is 5.32 Å². The Hall–Kier alpha value is -1.24. The highest BCUT2D eigenvalue weighted by Crippen LogP contribution is 2.43. The number of nitrogens with one attached hydrogen (secondary N) is 1. The molecule has 1 nitrogen and oxygen atoms in total. The van der Waals surface area contributed by atoms with Gasteiger partial charge in [0, 0.05) is 12.2 Å². The van der Waals surface area contributed by atoms with Gasteiger partial charge in [0.15, 0.2) is 0 Å². The van der Waals surface area contributed by atoms with Gasteiger partial charge in [0.25, 0.3) is 0 Å².